The first kappa shape index (κ1) is 27.6. The number of hydrogen-bond acceptors (Lipinski definition) is 5. The van der Waals surface area contributed by atoms with Gasteiger partial charge in [0.25, 0.3) is 11.8 Å². The number of aromatic nitrogens is 1. The minimum Gasteiger partial charge on any atom is -0.375 e. The number of methoxy groups -OCH3 is 1. The number of alkyl halides is 3. The van der Waals surface area contributed by atoms with Crippen molar-refractivity contribution in [2.75, 3.05) is 44.8 Å². The molecule has 0 atom stereocenters. The molecule has 36 heavy (non-hydrogen) atoms. The van der Waals surface area contributed by atoms with Crippen molar-refractivity contribution in [1.82, 2.24) is 14.8 Å². The number of halogens is 3. The summed E-state index contributed by atoms with van der Waals surface area (Å²) in [5, 5.41) is 0. The molecule has 0 saturated heterocycles. The van der Waals surface area contributed by atoms with E-state index in [0.29, 0.717) is 25.3 Å². The van der Waals surface area contributed by atoms with Gasteiger partial charge in [-0.3, -0.25) is 14.5 Å². The number of rotatable bonds is 4. The van der Waals surface area contributed by atoms with Gasteiger partial charge in [0.15, 0.2) is 0 Å². The quantitative estimate of drug-likeness (QED) is 0.624. The minimum atomic E-state index is -4.59. The second kappa shape index (κ2) is 11.8. The highest BCUT2D eigenvalue weighted by molar-refractivity contribution is 5.96. The second-order valence-electron chi connectivity index (χ2n) is 9.14. The summed E-state index contributed by atoms with van der Waals surface area (Å²) in [5.41, 5.74) is 0.579. The highest BCUT2D eigenvalue weighted by Gasteiger charge is 2.33. The van der Waals surface area contributed by atoms with Crippen LogP contribution in [0.15, 0.2) is 36.4 Å². The van der Waals surface area contributed by atoms with Crippen molar-refractivity contribution in [3.8, 4) is 0 Å². The molecule has 1 aromatic heterocycles. The zero-order valence-corrected chi connectivity index (χ0v) is 21.1. The summed E-state index contributed by atoms with van der Waals surface area (Å²) in [6, 6.07) is 9.62. The third-order valence-electron chi connectivity index (χ3n) is 6.32. The summed E-state index contributed by atoms with van der Waals surface area (Å²) >= 11 is 0. The number of nitrogens with zero attached hydrogens (tertiary/aromatic N) is 4. The number of amides is 2. The highest BCUT2D eigenvalue weighted by Crippen LogP contribution is 2.29. The lowest BCUT2D eigenvalue weighted by molar-refractivity contribution is -0.141. The van der Waals surface area contributed by atoms with Crippen molar-refractivity contribution in [2.45, 2.75) is 46.0 Å². The summed E-state index contributed by atoms with van der Waals surface area (Å²) in [7, 11) is 1.47. The Morgan fingerprint density at radius 2 is 1.78 bits per heavy atom. The van der Waals surface area contributed by atoms with Gasteiger partial charge in [0.05, 0.1) is 11.3 Å². The fraction of sp³-hybridized carbons (Fsp3) is 0.500. The molecule has 0 N–H and O–H groups in total. The van der Waals surface area contributed by atoms with E-state index in [1.54, 1.807) is 9.80 Å². The van der Waals surface area contributed by atoms with Crippen LogP contribution in [-0.2, 0) is 22.3 Å². The van der Waals surface area contributed by atoms with E-state index in [-0.39, 0.29) is 36.4 Å². The molecule has 0 aliphatic carbocycles. The first-order valence-corrected chi connectivity index (χ1v) is 12.0. The molecule has 196 valence electrons. The van der Waals surface area contributed by atoms with E-state index in [4.69, 9.17) is 4.74 Å². The van der Waals surface area contributed by atoms with Crippen LogP contribution in [0.1, 0.15) is 47.6 Å². The third kappa shape index (κ3) is 6.61. The van der Waals surface area contributed by atoms with Crippen LogP contribution in [0.25, 0.3) is 0 Å². The van der Waals surface area contributed by atoms with Crippen molar-refractivity contribution >= 4 is 17.5 Å². The molecule has 7 nitrogen and oxygen atoms in total. The van der Waals surface area contributed by atoms with Gasteiger partial charge in [-0.15, -0.1) is 0 Å². The maximum Gasteiger partial charge on any atom is 0.433 e. The van der Waals surface area contributed by atoms with Gasteiger partial charge in [-0.05, 0) is 51.0 Å². The Kier molecular flexibility index (Phi) is 9.08. The maximum atomic E-state index is 13.6. The summed E-state index contributed by atoms with van der Waals surface area (Å²) in [6.45, 7) is 7.85. The van der Waals surface area contributed by atoms with Crippen LogP contribution in [0.4, 0.5) is 18.9 Å². The Hall–Kier alpha value is -2.98. The molecule has 3 rings (SSSR count). The number of aryl methyl sites for hydroxylation is 1. The summed E-state index contributed by atoms with van der Waals surface area (Å²) < 4.78 is 44.4. The molecule has 0 saturated carbocycles. The van der Waals surface area contributed by atoms with Crippen LogP contribution in [-0.4, -0.2) is 72.5 Å². The van der Waals surface area contributed by atoms with Crippen LogP contribution < -0.4 is 4.90 Å². The smallest absolute Gasteiger partial charge is 0.375 e. The van der Waals surface area contributed by atoms with Gasteiger partial charge in [-0.2, -0.15) is 13.2 Å². The van der Waals surface area contributed by atoms with E-state index < -0.39 is 17.8 Å². The largest absolute Gasteiger partial charge is 0.433 e. The zero-order valence-electron chi connectivity index (χ0n) is 21.1. The summed E-state index contributed by atoms with van der Waals surface area (Å²) in [5.74, 6) is -0.581. The molecule has 0 bridgehead atoms. The Morgan fingerprint density at radius 1 is 1.06 bits per heavy atom. The van der Waals surface area contributed by atoms with Crippen molar-refractivity contribution in [3.05, 3.63) is 58.9 Å². The average Bonchev–Trinajstić information content (AvgIpc) is 2.85. The number of fused-ring (bicyclic) bond motifs is 1. The monoisotopic (exact) mass is 506 g/mol. The molecule has 0 radical (unpaired) electrons. The Bertz CT molecular complexity index is 1070. The molecule has 2 aromatic rings. The number of benzene rings is 1. The number of pyridine rings is 1. The van der Waals surface area contributed by atoms with Gasteiger partial charge < -0.3 is 14.5 Å². The minimum absolute atomic E-state index is 0.0232. The lowest BCUT2D eigenvalue weighted by atomic mass is 10.1. The molecule has 1 aromatic carbocycles. The predicted molar refractivity (Wildman–Crippen MR) is 131 cm³/mol. The standard InChI is InChI=1S/C26H33F3N4O3/c1-18(2)31-12-7-13-33(24(34)17-36-4)22-9-6-5-8-20(22)16-32(15-14-31)25(35)21-10-11-23(26(27,28)29)30-19(21)3/h5-6,8-11,18H,7,12-17H2,1-4H3. The van der Waals surface area contributed by atoms with E-state index in [0.717, 1.165) is 24.6 Å². The van der Waals surface area contributed by atoms with Gasteiger partial charge in [0, 0.05) is 51.6 Å². The van der Waals surface area contributed by atoms with Gasteiger partial charge in [-0.1, -0.05) is 18.2 Å². The lowest BCUT2D eigenvalue weighted by Crippen LogP contribution is -2.41. The molecule has 1 aliphatic heterocycles. The summed E-state index contributed by atoms with van der Waals surface area (Å²) in [4.78, 5) is 35.7. The number of anilines is 1. The van der Waals surface area contributed by atoms with Gasteiger partial charge in [0.1, 0.15) is 12.3 Å². The van der Waals surface area contributed by atoms with E-state index >= 15 is 0 Å². The molecule has 0 fully saturated rings. The number of carbonyl (C=O) groups is 2. The third-order valence-corrected chi connectivity index (χ3v) is 6.32. The van der Waals surface area contributed by atoms with Crippen LogP contribution in [0, 0.1) is 6.92 Å². The molecule has 2 heterocycles. The van der Waals surface area contributed by atoms with Crippen LogP contribution >= 0.6 is 0 Å². The zero-order chi connectivity index (χ0) is 26.5. The van der Waals surface area contributed by atoms with Crippen LogP contribution in [0.2, 0.25) is 0 Å². The molecule has 10 heteroatoms. The topological polar surface area (TPSA) is 66.0 Å². The van der Waals surface area contributed by atoms with E-state index in [1.807, 2.05) is 24.3 Å². The van der Waals surface area contributed by atoms with Crippen molar-refractivity contribution < 1.29 is 27.5 Å². The maximum absolute atomic E-state index is 13.6. The molecule has 1 aliphatic rings. The number of hydrogen-bond donors (Lipinski definition) is 0. The molecular formula is C26H33F3N4O3. The average molecular weight is 507 g/mol. The molecule has 0 unspecified atom stereocenters. The van der Waals surface area contributed by atoms with Crippen LogP contribution in [0.5, 0.6) is 0 Å². The number of para-hydroxylation sites is 1. The lowest BCUT2D eigenvalue weighted by Gasteiger charge is -2.30. The Labute approximate surface area is 209 Å². The molecule has 2 amide bonds. The van der Waals surface area contributed by atoms with E-state index in [9.17, 15) is 22.8 Å². The van der Waals surface area contributed by atoms with E-state index in [1.165, 1.54) is 20.1 Å². The number of carbonyl (C=O) groups excluding carboxylic acids is 2. The van der Waals surface area contributed by atoms with E-state index in [2.05, 4.69) is 23.7 Å². The van der Waals surface area contributed by atoms with Gasteiger partial charge in [-0.25, -0.2) is 4.98 Å². The fourth-order valence-corrected chi connectivity index (χ4v) is 4.37. The second-order valence-corrected chi connectivity index (χ2v) is 9.14. The van der Waals surface area contributed by atoms with Gasteiger partial charge >= 0.3 is 6.18 Å². The Morgan fingerprint density at radius 3 is 2.42 bits per heavy atom. The highest BCUT2D eigenvalue weighted by atomic mass is 19.4. The van der Waals surface area contributed by atoms with Crippen molar-refractivity contribution in [3.63, 3.8) is 0 Å². The van der Waals surface area contributed by atoms with Gasteiger partial charge in [0.2, 0.25) is 0 Å². The van der Waals surface area contributed by atoms with Crippen molar-refractivity contribution in [1.29, 1.82) is 0 Å². The number of ether oxygens (including phenoxy) is 1. The molecule has 0 spiro atoms. The predicted octanol–water partition coefficient (Wildman–Crippen LogP) is 4.14. The van der Waals surface area contributed by atoms with Crippen LogP contribution in [0.3, 0.4) is 0 Å². The Balaban J connectivity index is 2.02. The molecular weight excluding hydrogens is 473 g/mol. The summed E-state index contributed by atoms with van der Waals surface area (Å²) in [6.07, 6.45) is -3.85. The fourth-order valence-electron chi connectivity index (χ4n) is 4.37. The van der Waals surface area contributed by atoms with Crippen molar-refractivity contribution in [2.24, 2.45) is 0 Å². The first-order chi connectivity index (χ1) is 17.0. The SMILES string of the molecule is COCC(=O)N1CCCN(C(C)C)CCN(C(=O)c2ccc(C(F)(F)F)nc2C)Cc2ccccc21. The first-order valence-electron chi connectivity index (χ1n) is 12.0. The normalized spacial score (nSPS) is 16.0.